The van der Waals surface area contributed by atoms with Crippen LogP contribution in [0.4, 0.5) is 0 Å². The first-order valence-electron chi connectivity index (χ1n) is 8.20. The van der Waals surface area contributed by atoms with Crippen LogP contribution in [0, 0.1) is 0 Å². The van der Waals surface area contributed by atoms with Crippen molar-refractivity contribution < 1.29 is 23.5 Å². The molecule has 27 heavy (non-hydrogen) atoms. The molecule has 0 bridgehead atoms. The predicted molar refractivity (Wildman–Crippen MR) is 98.3 cm³/mol. The highest BCUT2D eigenvalue weighted by atomic mass is 16.7. The lowest BCUT2D eigenvalue weighted by molar-refractivity contribution is -0.150. The molecule has 138 valence electrons. The van der Waals surface area contributed by atoms with Crippen LogP contribution in [-0.4, -0.2) is 30.9 Å². The van der Waals surface area contributed by atoms with E-state index in [1.807, 2.05) is 42.5 Å². The van der Waals surface area contributed by atoms with E-state index in [4.69, 9.17) is 18.7 Å². The topological polar surface area (TPSA) is 83.2 Å². The smallest absolute Gasteiger partial charge is 0.347 e. The standard InChI is InChI=1S/C20H18N2O5/c1-24-17-9-7-15(8-10-17)11-22-26-14-20(23)25-13-19-21-12-18(27-19)16-5-3-2-4-6-16/h2-12H,13-14H2,1H3/b22-11-. The largest absolute Gasteiger partial charge is 0.497 e. The molecular weight excluding hydrogens is 348 g/mol. The van der Waals surface area contributed by atoms with Gasteiger partial charge in [-0.2, -0.15) is 0 Å². The van der Waals surface area contributed by atoms with Crippen molar-refractivity contribution in [2.24, 2.45) is 5.16 Å². The summed E-state index contributed by atoms with van der Waals surface area (Å²) in [5.41, 5.74) is 1.72. The van der Waals surface area contributed by atoms with Crippen molar-refractivity contribution in [2.45, 2.75) is 6.61 Å². The van der Waals surface area contributed by atoms with Gasteiger partial charge in [0.05, 0.1) is 19.5 Å². The Balaban J connectivity index is 1.41. The number of rotatable bonds is 8. The molecule has 0 saturated carbocycles. The Hall–Kier alpha value is -3.61. The second-order valence-electron chi connectivity index (χ2n) is 5.43. The number of nitrogens with zero attached hydrogens (tertiary/aromatic N) is 2. The van der Waals surface area contributed by atoms with E-state index in [1.165, 1.54) is 6.21 Å². The first kappa shape index (κ1) is 18.2. The van der Waals surface area contributed by atoms with Gasteiger partial charge in [0.1, 0.15) is 5.75 Å². The maximum absolute atomic E-state index is 11.7. The summed E-state index contributed by atoms with van der Waals surface area (Å²) in [5, 5.41) is 3.73. The van der Waals surface area contributed by atoms with Crippen LogP contribution >= 0.6 is 0 Å². The van der Waals surface area contributed by atoms with Crippen LogP contribution in [0.25, 0.3) is 11.3 Å². The van der Waals surface area contributed by atoms with Gasteiger partial charge >= 0.3 is 5.97 Å². The van der Waals surface area contributed by atoms with Gasteiger partial charge in [-0.05, 0) is 29.8 Å². The second kappa shape index (κ2) is 9.19. The van der Waals surface area contributed by atoms with Crippen molar-refractivity contribution in [3.05, 3.63) is 72.2 Å². The zero-order chi connectivity index (χ0) is 18.9. The lowest BCUT2D eigenvalue weighted by Crippen LogP contribution is -2.10. The number of methoxy groups -OCH3 is 1. The van der Waals surface area contributed by atoms with Gasteiger partial charge in [-0.3, -0.25) is 0 Å². The van der Waals surface area contributed by atoms with E-state index in [1.54, 1.807) is 25.4 Å². The van der Waals surface area contributed by atoms with Crippen LogP contribution in [0.3, 0.4) is 0 Å². The maximum atomic E-state index is 11.7. The van der Waals surface area contributed by atoms with E-state index in [9.17, 15) is 4.79 Å². The van der Waals surface area contributed by atoms with Gasteiger partial charge in [-0.25, -0.2) is 9.78 Å². The number of esters is 1. The molecule has 0 spiro atoms. The lowest BCUT2D eigenvalue weighted by Gasteiger charge is -2.01. The van der Waals surface area contributed by atoms with Crippen molar-refractivity contribution in [2.75, 3.05) is 13.7 Å². The third-order valence-corrected chi connectivity index (χ3v) is 3.54. The van der Waals surface area contributed by atoms with Crippen LogP contribution in [0.2, 0.25) is 0 Å². The molecule has 0 saturated heterocycles. The van der Waals surface area contributed by atoms with Crippen LogP contribution in [-0.2, 0) is 21.0 Å². The van der Waals surface area contributed by atoms with Crippen LogP contribution in [0.15, 0.2) is 70.4 Å². The first-order valence-corrected chi connectivity index (χ1v) is 8.20. The Morgan fingerprint density at radius 3 is 2.67 bits per heavy atom. The summed E-state index contributed by atoms with van der Waals surface area (Å²) in [4.78, 5) is 20.7. The predicted octanol–water partition coefficient (Wildman–Crippen LogP) is 3.44. The fourth-order valence-electron chi connectivity index (χ4n) is 2.17. The minimum Gasteiger partial charge on any atom is -0.497 e. The van der Waals surface area contributed by atoms with Gasteiger partial charge < -0.3 is 18.7 Å². The zero-order valence-electron chi connectivity index (χ0n) is 14.7. The van der Waals surface area contributed by atoms with Gasteiger partial charge in [0, 0.05) is 5.56 Å². The molecule has 1 heterocycles. The number of oxime groups is 1. The minimum atomic E-state index is -0.568. The van der Waals surface area contributed by atoms with Crippen LogP contribution < -0.4 is 4.74 Å². The highest BCUT2D eigenvalue weighted by molar-refractivity contribution is 5.79. The molecule has 3 aromatic rings. The van der Waals surface area contributed by atoms with E-state index in [2.05, 4.69) is 10.1 Å². The first-order chi connectivity index (χ1) is 13.2. The summed E-state index contributed by atoms with van der Waals surface area (Å²) in [6.07, 6.45) is 3.08. The molecule has 2 aromatic carbocycles. The number of carbonyl (C=O) groups excluding carboxylic acids is 1. The number of carbonyl (C=O) groups is 1. The molecule has 0 aliphatic heterocycles. The van der Waals surface area contributed by atoms with E-state index in [0.717, 1.165) is 16.9 Å². The molecule has 0 radical (unpaired) electrons. The Morgan fingerprint density at radius 2 is 1.93 bits per heavy atom. The van der Waals surface area contributed by atoms with Crippen molar-refractivity contribution in [1.82, 2.24) is 4.98 Å². The van der Waals surface area contributed by atoms with Gasteiger partial charge in [-0.1, -0.05) is 35.5 Å². The molecule has 3 rings (SSSR count). The van der Waals surface area contributed by atoms with Gasteiger partial charge in [-0.15, -0.1) is 0 Å². The number of aromatic nitrogens is 1. The van der Waals surface area contributed by atoms with Crippen molar-refractivity contribution in [3.63, 3.8) is 0 Å². The Morgan fingerprint density at radius 1 is 1.15 bits per heavy atom. The maximum Gasteiger partial charge on any atom is 0.347 e. The summed E-state index contributed by atoms with van der Waals surface area (Å²) in [6, 6.07) is 16.8. The number of ether oxygens (including phenoxy) is 2. The summed E-state index contributed by atoms with van der Waals surface area (Å²) in [5.74, 6) is 1.10. The molecule has 7 nitrogen and oxygen atoms in total. The SMILES string of the molecule is COc1ccc(/C=N\OCC(=O)OCc2ncc(-c3ccccc3)o2)cc1. The Bertz CT molecular complexity index is 888. The average Bonchev–Trinajstić information content (AvgIpc) is 3.20. The third kappa shape index (κ3) is 5.43. The molecule has 0 aliphatic rings. The third-order valence-electron chi connectivity index (χ3n) is 3.54. The minimum absolute atomic E-state index is 0.0722. The highest BCUT2D eigenvalue weighted by Gasteiger charge is 2.09. The van der Waals surface area contributed by atoms with E-state index in [-0.39, 0.29) is 13.2 Å². The molecule has 0 N–H and O–H groups in total. The van der Waals surface area contributed by atoms with Crippen LogP contribution in [0.1, 0.15) is 11.5 Å². The summed E-state index contributed by atoms with van der Waals surface area (Å²) in [6.45, 7) is -0.379. The molecule has 0 amide bonds. The van der Waals surface area contributed by atoms with E-state index < -0.39 is 5.97 Å². The van der Waals surface area contributed by atoms with Crippen molar-refractivity contribution in [1.29, 1.82) is 0 Å². The normalized spacial score (nSPS) is 10.7. The molecule has 0 aliphatic carbocycles. The number of benzene rings is 2. The lowest BCUT2D eigenvalue weighted by atomic mass is 10.2. The molecule has 0 atom stereocenters. The molecule has 0 unspecified atom stereocenters. The monoisotopic (exact) mass is 366 g/mol. The molecule has 0 fully saturated rings. The zero-order valence-corrected chi connectivity index (χ0v) is 14.7. The van der Waals surface area contributed by atoms with Crippen molar-refractivity contribution >= 4 is 12.2 Å². The molecule has 7 heteroatoms. The van der Waals surface area contributed by atoms with Crippen molar-refractivity contribution in [3.8, 4) is 17.1 Å². The fourth-order valence-corrected chi connectivity index (χ4v) is 2.17. The Labute approximate surface area is 156 Å². The van der Waals surface area contributed by atoms with E-state index >= 15 is 0 Å². The fraction of sp³-hybridized carbons (Fsp3) is 0.150. The van der Waals surface area contributed by atoms with Gasteiger partial charge in [0.2, 0.25) is 12.5 Å². The summed E-state index contributed by atoms with van der Waals surface area (Å²) in [7, 11) is 1.60. The quantitative estimate of drug-likeness (QED) is 0.345. The summed E-state index contributed by atoms with van der Waals surface area (Å²) >= 11 is 0. The number of hydrogen-bond acceptors (Lipinski definition) is 7. The second-order valence-corrected chi connectivity index (χ2v) is 5.43. The van der Waals surface area contributed by atoms with Gasteiger partial charge in [0.15, 0.2) is 12.4 Å². The number of hydrogen-bond donors (Lipinski definition) is 0. The number of oxazole rings is 1. The molecule has 1 aromatic heterocycles. The Kier molecular flexibility index (Phi) is 6.19. The van der Waals surface area contributed by atoms with Crippen LogP contribution in [0.5, 0.6) is 5.75 Å². The van der Waals surface area contributed by atoms with E-state index in [0.29, 0.717) is 11.7 Å². The van der Waals surface area contributed by atoms with Gasteiger partial charge in [0.25, 0.3) is 0 Å². The average molecular weight is 366 g/mol. The highest BCUT2D eigenvalue weighted by Crippen LogP contribution is 2.19. The molecular formula is C20H18N2O5. The summed E-state index contributed by atoms with van der Waals surface area (Å²) < 4.78 is 15.7.